The summed E-state index contributed by atoms with van der Waals surface area (Å²) >= 11 is 0. The molecule has 1 atom stereocenters. The predicted octanol–water partition coefficient (Wildman–Crippen LogP) is 2.19. The van der Waals surface area contributed by atoms with Gasteiger partial charge in [-0.25, -0.2) is 4.79 Å². The summed E-state index contributed by atoms with van der Waals surface area (Å²) in [5.74, 6) is 0.465. The van der Waals surface area contributed by atoms with Crippen LogP contribution in [0.25, 0.3) is 0 Å². The Balaban J connectivity index is 0.00000180. The number of hydrogen-bond donors (Lipinski definition) is 0. The zero-order valence-electron chi connectivity index (χ0n) is 11.6. The molecule has 0 aromatic heterocycles. The van der Waals surface area contributed by atoms with E-state index in [4.69, 9.17) is 9.47 Å². The Morgan fingerprint density at radius 2 is 2.26 bits per heavy atom. The number of hydrogen-bond acceptors (Lipinski definition) is 4. The minimum Gasteiger partial charge on any atom is -0.492 e. The fourth-order valence-corrected chi connectivity index (χ4v) is 2.20. The molecule has 0 bridgehead atoms. The van der Waals surface area contributed by atoms with Crippen LogP contribution in [0.5, 0.6) is 5.75 Å². The van der Waals surface area contributed by atoms with Crippen LogP contribution in [0.3, 0.4) is 0 Å². The van der Waals surface area contributed by atoms with Crippen molar-refractivity contribution in [2.75, 3.05) is 20.8 Å². The number of esters is 1. The predicted molar refractivity (Wildman–Crippen MR) is 79.2 cm³/mol. The molecule has 106 valence electrons. The second-order valence-electron chi connectivity index (χ2n) is 4.60. The van der Waals surface area contributed by atoms with Crippen LogP contribution in [0.1, 0.15) is 29.3 Å². The van der Waals surface area contributed by atoms with Gasteiger partial charge in [0.1, 0.15) is 12.4 Å². The number of nitrogens with zero attached hydrogens (tertiary/aromatic N) is 1. The summed E-state index contributed by atoms with van der Waals surface area (Å²) in [7, 11) is 3.48. The van der Waals surface area contributed by atoms with Crippen molar-refractivity contribution in [2.24, 2.45) is 0 Å². The summed E-state index contributed by atoms with van der Waals surface area (Å²) in [5, 5.41) is 0. The Hall–Kier alpha value is -1.20. The Morgan fingerprint density at radius 3 is 2.89 bits per heavy atom. The summed E-state index contributed by atoms with van der Waals surface area (Å²) in [4.78, 5) is 13.8. The van der Waals surface area contributed by atoms with E-state index in [-0.39, 0.29) is 19.5 Å². The van der Waals surface area contributed by atoms with Crippen LogP contribution < -0.4 is 4.74 Å². The molecule has 0 aliphatic carbocycles. The van der Waals surface area contributed by atoms with Crippen LogP contribution in [0, 0.1) is 0 Å². The van der Waals surface area contributed by atoms with E-state index in [9.17, 15) is 4.79 Å². The van der Waals surface area contributed by atoms with Gasteiger partial charge in [-0.05, 0) is 25.6 Å². The van der Waals surface area contributed by atoms with Crippen molar-refractivity contribution < 1.29 is 14.3 Å². The SMILES string of the molecule is CC[C@H]1COc2cc(C(=O)OC)ccc2CN1C.S. The molecule has 0 saturated carbocycles. The fraction of sp³-hybridized carbons (Fsp3) is 0.500. The number of methoxy groups -OCH3 is 1. The Bertz CT molecular complexity index is 450. The molecule has 5 heteroatoms. The lowest BCUT2D eigenvalue weighted by Gasteiger charge is -2.22. The average molecular weight is 283 g/mol. The third-order valence-corrected chi connectivity index (χ3v) is 3.43. The molecule has 0 spiro atoms. The molecule has 0 fully saturated rings. The lowest BCUT2D eigenvalue weighted by molar-refractivity contribution is 0.0600. The maximum atomic E-state index is 11.5. The Labute approximate surface area is 121 Å². The van der Waals surface area contributed by atoms with Gasteiger partial charge in [0.15, 0.2) is 0 Å². The van der Waals surface area contributed by atoms with E-state index in [0.717, 1.165) is 24.3 Å². The molecule has 1 aromatic carbocycles. The molecule has 1 heterocycles. The number of ether oxygens (including phenoxy) is 2. The summed E-state index contributed by atoms with van der Waals surface area (Å²) in [5.41, 5.74) is 1.65. The van der Waals surface area contributed by atoms with E-state index < -0.39 is 0 Å². The van der Waals surface area contributed by atoms with Crippen molar-refractivity contribution in [1.82, 2.24) is 4.90 Å². The summed E-state index contributed by atoms with van der Waals surface area (Å²) in [6, 6.07) is 5.91. The maximum Gasteiger partial charge on any atom is 0.337 e. The van der Waals surface area contributed by atoms with Crippen LogP contribution in [-0.4, -0.2) is 37.7 Å². The minimum atomic E-state index is -0.328. The van der Waals surface area contributed by atoms with Gasteiger partial charge in [0.25, 0.3) is 0 Å². The first-order chi connectivity index (χ1) is 8.65. The lowest BCUT2D eigenvalue weighted by atomic mass is 10.1. The normalized spacial score (nSPS) is 18.6. The third-order valence-electron chi connectivity index (χ3n) is 3.43. The highest BCUT2D eigenvalue weighted by Crippen LogP contribution is 2.26. The molecule has 1 aromatic rings. The van der Waals surface area contributed by atoms with Gasteiger partial charge >= 0.3 is 5.97 Å². The Kier molecular flexibility index (Phi) is 5.69. The number of rotatable bonds is 2. The number of fused-ring (bicyclic) bond motifs is 1. The second kappa shape index (κ2) is 6.82. The maximum absolute atomic E-state index is 11.5. The van der Waals surface area contributed by atoms with Gasteiger partial charge in [-0.1, -0.05) is 13.0 Å². The van der Waals surface area contributed by atoms with Crippen molar-refractivity contribution in [3.63, 3.8) is 0 Å². The van der Waals surface area contributed by atoms with E-state index in [1.807, 2.05) is 6.07 Å². The Morgan fingerprint density at radius 1 is 1.53 bits per heavy atom. The van der Waals surface area contributed by atoms with Crippen molar-refractivity contribution in [1.29, 1.82) is 0 Å². The molecular formula is C14H21NO3S. The van der Waals surface area contributed by atoms with E-state index in [1.165, 1.54) is 7.11 Å². The monoisotopic (exact) mass is 283 g/mol. The lowest BCUT2D eigenvalue weighted by Crippen LogP contribution is -2.33. The van der Waals surface area contributed by atoms with Crippen LogP contribution in [0.15, 0.2) is 18.2 Å². The first-order valence-electron chi connectivity index (χ1n) is 6.20. The van der Waals surface area contributed by atoms with E-state index in [1.54, 1.807) is 12.1 Å². The zero-order chi connectivity index (χ0) is 13.1. The molecule has 0 radical (unpaired) electrons. The molecule has 0 saturated heterocycles. The highest BCUT2D eigenvalue weighted by atomic mass is 32.1. The van der Waals surface area contributed by atoms with Gasteiger partial charge in [0.05, 0.1) is 12.7 Å². The number of likely N-dealkylation sites (N-methyl/N-ethyl adjacent to an activating group) is 1. The van der Waals surface area contributed by atoms with Crippen LogP contribution in [0.4, 0.5) is 0 Å². The molecule has 1 aliphatic heterocycles. The number of carbonyl (C=O) groups excluding carboxylic acids is 1. The molecule has 0 amide bonds. The van der Waals surface area contributed by atoms with Gasteiger partial charge in [-0.3, -0.25) is 4.90 Å². The van der Waals surface area contributed by atoms with E-state index >= 15 is 0 Å². The molecule has 0 unspecified atom stereocenters. The van der Waals surface area contributed by atoms with Crippen molar-refractivity contribution >= 4 is 19.5 Å². The average Bonchev–Trinajstić information content (AvgIpc) is 2.55. The largest absolute Gasteiger partial charge is 0.492 e. The van der Waals surface area contributed by atoms with Crippen LogP contribution in [-0.2, 0) is 11.3 Å². The van der Waals surface area contributed by atoms with Gasteiger partial charge in [0.2, 0.25) is 0 Å². The standard InChI is InChI=1S/C14H19NO3.H2S/c1-4-12-9-18-13-7-10(14(16)17-3)5-6-11(13)8-15(12)2;/h5-7,12H,4,8-9H2,1-3H3;1H2/t12-;/m0./s1. The highest BCUT2D eigenvalue weighted by molar-refractivity contribution is 7.59. The number of benzene rings is 1. The molecule has 1 aliphatic rings. The van der Waals surface area contributed by atoms with Crippen molar-refractivity contribution in [3.8, 4) is 5.75 Å². The highest BCUT2D eigenvalue weighted by Gasteiger charge is 2.21. The van der Waals surface area contributed by atoms with Gasteiger partial charge in [-0.15, -0.1) is 0 Å². The number of carbonyl (C=O) groups is 1. The van der Waals surface area contributed by atoms with Gasteiger partial charge < -0.3 is 9.47 Å². The van der Waals surface area contributed by atoms with Crippen molar-refractivity contribution in [2.45, 2.75) is 25.9 Å². The molecule has 19 heavy (non-hydrogen) atoms. The molecule has 0 N–H and O–H groups in total. The summed E-state index contributed by atoms with van der Waals surface area (Å²) < 4.78 is 10.5. The van der Waals surface area contributed by atoms with E-state index in [0.29, 0.717) is 18.2 Å². The van der Waals surface area contributed by atoms with Gasteiger partial charge in [-0.2, -0.15) is 13.5 Å². The zero-order valence-corrected chi connectivity index (χ0v) is 12.6. The first-order valence-corrected chi connectivity index (χ1v) is 6.20. The van der Waals surface area contributed by atoms with E-state index in [2.05, 4.69) is 18.9 Å². The summed E-state index contributed by atoms with van der Waals surface area (Å²) in [6.45, 7) is 3.65. The molecule has 2 rings (SSSR count). The molecule has 4 nitrogen and oxygen atoms in total. The smallest absolute Gasteiger partial charge is 0.337 e. The molecular weight excluding hydrogens is 262 g/mol. The van der Waals surface area contributed by atoms with Crippen LogP contribution in [0.2, 0.25) is 0 Å². The first kappa shape index (κ1) is 15.9. The second-order valence-corrected chi connectivity index (χ2v) is 4.60. The quantitative estimate of drug-likeness (QED) is 0.780. The van der Waals surface area contributed by atoms with Crippen LogP contribution >= 0.6 is 13.5 Å². The van der Waals surface area contributed by atoms with Gasteiger partial charge in [0, 0.05) is 18.2 Å². The fourth-order valence-electron chi connectivity index (χ4n) is 2.20. The van der Waals surface area contributed by atoms with Crippen molar-refractivity contribution in [3.05, 3.63) is 29.3 Å². The minimum absolute atomic E-state index is 0. The summed E-state index contributed by atoms with van der Waals surface area (Å²) in [6.07, 6.45) is 1.05. The third kappa shape index (κ3) is 3.42. The topological polar surface area (TPSA) is 38.8 Å².